The van der Waals surface area contributed by atoms with Crippen molar-refractivity contribution in [3.8, 4) is 0 Å². The van der Waals surface area contributed by atoms with Crippen LogP contribution in [0.5, 0.6) is 0 Å². The highest BCUT2D eigenvalue weighted by Crippen LogP contribution is 2.32. The van der Waals surface area contributed by atoms with E-state index in [0.717, 1.165) is 25.2 Å². The number of rotatable bonds is 2. The Morgan fingerprint density at radius 3 is 2.18 bits per heavy atom. The van der Waals surface area contributed by atoms with Gasteiger partial charge in [-0.1, -0.05) is 26.0 Å². The lowest BCUT2D eigenvalue weighted by Gasteiger charge is -2.37. The van der Waals surface area contributed by atoms with Gasteiger partial charge in [-0.3, -0.25) is 0 Å². The second kappa shape index (κ2) is 4.34. The van der Waals surface area contributed by atoms with E-state index in [0.29, 0.717) is 5.92 Å². The Morgan fingerprint density at radius 1 is 1.06 bits per heavy atom. The molecule has 1 aromatic rings. The molecular formula is C15H22N2. The van der Waals surface area contributed by atoms with Crippen LogP contribution in [-0.4, -0.2) is 25.2 Å². The molecule has 2 heteroatoms. The van der Waals surface area contributed by atoms with Crippen molar-refractivity contribution in [1.29, 1.82) is 0 Å². The fraction of sp³-hybridized carbons (Fsp3) is 0.600. The molecule has 0 saturated carbocycles. The summed E-state index contributed by atoms with van der Waals surface area (Å²) in [4.78, 5) is 2.64. The predicted molar refractivity (Wildman–Crippen MR) is 72.7 cm³/mol. The maximum absolute atomic E-state index is 3.53. The first kappa shape index (κ1) is 11.1. The van der Waals surface area contributed by atoms with E-state index in [1.54, 1.807) is 0 Å². The lowest BCUT2D eigenvalue weighted by atomic mass is 10.0. The standard InChI is InChI=1S/C15H22N2/c1-11(2)12-3-5-13(6-4-12)17-14-7-8-15(17)10-16-9-14/h3-6,11,14-16H,7-10H2,1-2H3. The van der Waals surface area contributed by atoms with Gasteiger partial charge in [-0.2, -0.15) is 0 Å². The number of hydrogen-bond donors (Lipinski definition) is 1. The molecule has 2 bridgehead atoms. The zero-order valence-electron chi connectivity index (χ0n) is 10.8. The largest absolute Gasteiger partial charge is 0.363 e. The monoisotopic (exact) mass is 230 g/mol. The van der Waals surface area contributed by atoms with Gasteiger partial charge in [0.05, 0.1) is 0 Å². The summed E-state index contributed by atoms with van der Waals surface area (Å²) < 4.78 is 0. The molecule has 2 heterocycles. The molecule has 3 rings (SSSR count). The third kappa shape index (κ3) is 1.95. The smallest absolute Gasteiger partial charge is 0.0419 e. The SMILES string of the molecule is CC(C)c1ccc(N2C3CCC2CNC3)cc1. The topological polar surface area (TPSA) is 15.3 Å². The summed E-state index contributed by atoms with van der Waals surface area (Å²) in [6.45, 7) is 6.82. The zero-order chi connectivity index (χ0) is 11.8. The van der Waals surface area contributed by atoms with E-state index in [1.807, 2.05) is 0 Å². The van der Waals surface area contributed by atoms with Crippen molar-refractivity contribution in [1.82, 2.24) is 5.32 Å². The molecule has 0 radical (unpaired) electrons. The highest BCUT2D eigenvalue weighted by Gasteiger charge is 2.36. The quantitative estimate of drug-likeness (QED) is 0.840. The van der Waals surface area contributed by atoms with Crippen LogP contribution in [0, 0.1) is 0 Å². The Kier molecular flexibility index (Phi) is 2.83. The summed E-state index contributed by atoms with van der Waals surface area (Å²) in [5, 5.41) is 3.53. The summed E-state index contributed by atoms with van der Waals surface area (Å²) >= 11 is 0. The summed E-state index contributed by atoms with van der Waals surface area (Å²) in [6.07, 6.45) is 2.70. The average Bonchev–Trinajstić information content (AvgIpc) is 2.59. The van der Waals surface area contributed by atoms with E-state index >= 15 is 0 Å². The molecular weight excluding hydrogens is 208 g/mol. The molecule has 1 N–H and O–H groups in total. The van der Waals surface area contributed by atoms with Gasteiger partial charge in [0.2, 0.25) is 0 Å². The van der Waals surface area contributed by atoms with Gasteiger partial charge in [-0.15, -0.1) is 0 Å². The van der Waals surface area contributed by atoms with Crippen LogP contribution in [0.1, 0.15) is 38.2 Å². The van der Waals surface area contributed by atoms with Crippen LogP contribution in [-0.2, 0) is 0 Å². The zero-order valence-corrected chi connectivity index (χ0v) is 10.8. The van der Waals surface area contributed by atoms with Crippen molar-refractivity contribution >= 4 is 5.69 Å². The van der Waals surface area contributed by atoms with Gasteiger partial charge in [-0.05, 0) is 36.5 Å². The first-order chi connectivity index (χ1) is 8.25. The van der Waals surface area contributed by atoms with Gasteiger partial charge in [0, 0.05) is 30.9 Å². The molecule has 2 fully saturated rings. The van der Waals surface area contributed by atoms with Gasteiger partial charge in [0.1, 0.15) is 0 Å². The fourth-order valence-corrected chi connectivity index (χ4v) is 3.23. The third-order valence-corrected chi connectivity index (χ3v) is 4.24. The molecule has 2 atom stereocenters. The maximum atomic E-state index is 3.53. The summed E-state index contributed by atoms with van der Waals surface area (Å²) in [5.41, 5.74) is 2.86. The van der Waals surface area contributed by atoms with Crippen molar-refractivity contribution in [2.24, 2.45) is 0 Å². The Labute approximate surface area is 104 Å². The van der Waals surface area contributed by atoms with Gasteiger partial charge in [0.15, 0.2) is 0 Å². The molecule has 2 saturated heterocycles. The number of anilines is 1. The lowest BCUT2D eigenvalue weighted by Crippen LogP contribution is -2.51. The van der Waals surface area contributed by atoms with Gasteiger partial charge in [-0.25, -0.2) is 0 Å². The molecule has 2 aliphatic heterocycles. The van der Waals surface area contributed by atoms with Gasteiger partial charge in [0.25, 0.3) is 0 Å². The minimum atomic E-state index is 0.629. The Hall–Kier alpha value is -1.02. The Bertz CT molecular complexity index is 366. The molecule has 0 aliphatic carbocycles. The van der Waals surface area contributed by atoms with Crippen molar-refractivity contribution in [2.75, 3.05) is 18.0 Å². The van der Waals surface area contributed by atoms with Crippen LogP contribution >= 0.6 is 0 Å². The minimum Gasteiger partial charge on any atom is -0.363 e. The van der Waals surface area contributed by atoms with Crippen LogP contribution in [0.2, 0.25) is 0 Å². The minimum absolute atomic E-state index is 0.629. The molecule has 2 nitrogen and oxygen atoms in total. The van der Waals surface area contributed by atoms with E-state index in [1.165, 1.54) is 24.1 Å². The molecule has 0 amide bonds. The lowest BCUT2D eigenvalue weighted by molar-refractivity contribution is 0.485. The second-order valence-corrected chi connectivity index (χ2v) is 5.70. The van der Waals surface area contributed by atoms with Crippen molar-refractivity contribution in [3.63, 3.8) is 0 Å². The van der Waals surface area contributed by atoms with Crippen LogP contribution in [0.25, 0.3) is 0 Å². The van der Waals surface area contributed by atoms with Gasteiger partial charge < -0.3 is 10.2 Å². The van der Waals surface area contributed by atoms with Crippen LogP contribution in [0.4, 0.5) is 5.69 Å². The van der Waals surface area contributed by atoms with Crippen molar-refractivity contribution in [2.45, 2.75) is 44.7 Å². The van der Waals surface area contributed by atoms with E-state index in [2.05, 4.69) is 48.3 Å². The average molecular weight is 230 g/mol. The number of benzene rings is 1. The first-order valence-electron chi connectivity index (χ1n) is 6.84. The highest BCUT2D eigenvalue weighted by molar-refractivity contribution is 5.52. The first-order valence-corrected chi connectivity index (χ1v) is 6.84. The van der Waals surface area contributed by atoms with Gasteiger partial charge >= 0.3 is 0 Å². The summed E-state index contributed by atoms with van der Waals surface area (Å²) in [5.74, 6) is 0.629. The van der Waals surface area contributed by atoms with Crippen molar-refractivity contribution < 1.29 is 0 Å². The number of nitrogens with one attached hydrogen (secondary N) is 1. The molecule has 2 aliphatic rings. The van der Waals surface area contributed by atoms with E-state index in [-0.39, 0.29) is 0 Å². The van der Waals surface area contributed by atoms with Crippen molar-refractivity contribution in [3.05, 3.63) is 29.8 Å². The maximum Gasteiger partial charge on any atom is 0.0419 e. The normalized spacial score (nSPS) is 27.8. The molecule has 17 heavy (non-hydrogen) atoms. The molecule has 0 spiro atoms. The van der Waals surface area contributed by atoms with E-state index in [9.17, 15) is 0 Å². The van der Waals surface area contributed by atoms with E-state index in [4.69, 9.17) is 0 Å². The Balaban J connectivity index is 1.84. The third-order valence-electron chi connectivity index (χ3n) is 4.24. The molecule has 1 aromatic carbocycles. The fourth-order valence-electron chi connectivity index (χ4n) is 3.23. The summed E-state index contributed by atoms with van der Waals surface area (Å²) in [7, 11) is 0. The van der Waals surface area contributed by atoms with Crippen LogP contribution < -0.4 is 10.2 Å². The number of fused-ring (bicyclic) bond motifs is 2. The number of piperazine rings is 1. The number of nitrogens with zero attached hydrogens (tertiary/aromatic N) is 1. The highest BCUT2D eigenvalue weighted by atomic mass is 15.3. The number of hydrogen-bond acceptors (Lipinski definition) is 2. The summed E-state index contributed by atoms with van der Waals surface area (Å²) in [6, 6.07) is 10.7. The predicted octanol–water partition coefficient (Wildman–Crippen LogP) is 2.75. The molecule has 0 aromatic heterocycles. The molecule has 2 unspecified atom stereocenters. The molecule has 92 valence electrons. The van der Waals surface area contributed by atoms with E-state index < -0.39 is 0 Å². The van der Waals surface area contributed by atoms with Crippen LogP contribution in [0.15, 0.2) is 24.3 Å². The Morgan fingerprint density at radius 2 is 1.65 bits per heavy atom. The second-order valence-electron chi connectivity index (χ2n) is 5.70. The van der Waals surface area contributed by atoms with Crippen LogP contribution in [0.3, 0.4) is 0 Å².